The molecular formula is C16H25IN6S. The summed E-state index contributed by atoms with van der Waals surface area (Å²) in [5.74, 6) is 1.87. The Labute approximate surface area is 164 Å². The lowest BCUT2D eigenvalue weighted by molar-refractivity contribution is 0.478. The molecule has 0 saturated heterocycles. The number of rotatable bonds is 8. The number of nitrogens with one attached hydrogen (secondary N) is 1. The van der Waals surface area contributed by atoms with Crippen molar-refractivity contribution in [3.63, 3.8) is 0 Å². The molecule has 1 N–H and O–H groups in total. The SMILES string of the molecule is C=CCNC(=NCCn1cnnc1CC)N(C)Cc1ccsc1.I. The van der Waals surface area contributed by atoms with Gasteiger partial charge in [0.15, 0.2) is 5.96 Å². The molecule has 0 saturated carbocycles. The van der Waals surface area contributed by atoms with Crippen molar-refractivity contribution < 1.29 is 0 Å². The van der Waals surface area contributed by atoms with Gasteiger partial charge in [0.1, 0.15) is 12.2 Å². The Bertz CT molecular complexity index is 622. The van der Waals surface area contributed by atoms with Gasteiger partial charge < -0.3 is 14.8 Å². The average Bonchev–Trinajstić information content (AvgIpc) is 3.21. The van der Waals surface area contributed by atoms with Gasteiger partial charge in [-0.2, -0.15) is 11.3 Å². The van der Waals surface area contributed by atoms with Gasteiger partial charge >= 0.3 is 0 Å². The second kappa shape index (κ2) is 11.2. The predicted octanol–water partition coefficient (Wildman–Crippen LogP) is 2.78. The molecule has 6 nitrogen and oxygen atoms in total. The molecule has 0 aliphatic heterocycles. The van der Waals surface area contributed by atoms with E-state index < -0.39 is 0 Å². The molecule has 132 valence electrons. The van der Waals surface area contributed by atoms with E-state index in [4.69, 9.17) is 4.99 Å². The molecule has 0 aliphatic rings. The summed E-state index contributed by atoms with van der Waals surface area (Å²) >= 11 is 1.71. The zero-order valence-electron chi connectivity index (χ0n) is 14.2. The lowest BCUT2D eigenvalue weighted by Gasteiger charge is -2.21. The fourth-order valence-electron chi connectivity index (χ4n) is 2.21. The monoisotopic (exact) mass is 460 g/mol. The standard InChI is InChI=1S/C16H24N6S.HI/c1-4-7-17-16(21(3)11-14-6-10-23-12-14)18-8-9-22-13-19-20-15(22)5-2;/h4,6,10,12-13H,1,5,7-9,11H2,2-3H3,(H,17,18);1H. The van der Waals surface area contributed by atoms with Gasteiger partial charge in [0.05, 0.1) is 6.54 Å². The molecule has 0 atom stereocenters. The van der Waals surface area contributed by atoms with Gasteiger partial charge in [0.2, 0.25) is 0 Å². The fourth-order valence-corrected chi connectivity index (χ4v) is 2.87. The van der Waals surface area contributed by atoms with Crippen LogP contribution in [0.2, 0.25) is 0 Å². The molecule has 2 rings (SSSR count). The highest BCUT2D eigenvalue weighted by Crippen LogP contribution is 2.08. The van der Waals surface area contributed by atoms with Gasteiger partial charge in [-0.1, -0.05) is 13.0 Å². The van der Waals surface area contributed by atoms with Crippen LogP contribution in [-0.2, 0) is 19.5 Å². The lowest BCUT2D eigenvalue weighted by atomic mass is 10.3. The molecule has 0 spiro atoms. The zero-order valence-corrected chi connectivity index (χ0v) is 17.3. The molecule has 0 unspecified atom stereocenters. The van der Waals surface area contributed by atoms with Crippen molar-refractivity contribution in [3.05, 3.63) is 47.2 Å². The molecule has 0 amide bonds. The summed E-state index contributed by atoms with van der Waals surface area (Å²) in [7, 11) is 2.04. The zero-order chi connectivity index (χ0) is 16.5. The maximum Gasteiger partial charge on any atom is 0.194 e. The molecule has 2 aromatic heterocycles. The van der Waals surface area contributed by atoms with Gasteiger partial charge in [-0.3, -0.25) is 4.99 Å². The molecule has 0 aromatic carbocycles. The van der Waals surface area contributed by atoms with Crippen LogP contribution in [0.3, 0.4) is 0 Å². The summed E-state index contributed by atoms with van der Waals surface area (Å²) in [6, 6.07) is 2.14. The lowest BCUT2D eigenvalue weighted by Crippen LogP contribution is -2.38. The molecule has 2 aromatic rings. The molecule has 0 fully saturated rings. The minimum absolute atomic E-state index is 0. The number of nitrogens with zero attached hydrogens (tertiary/aromatic N) is 5. The Hall–Kier alpha value is -1.42. The van der Waals surface area contributed by atoms with Crippen molar-refractivity contribution in [2.75, 3.05) is 20.1 Å². The molecule has 2 heterocycles. The summed E-state index contributed by atoms with van der Waals surface area (Å²) in [5, 5.41) is 15.6. The topological polar surface area (TPSA) is 58.3 Å². The highest BCUT2D eigenvalue weighted by molar-refractivity contribution is 14.0. The normalized spacial score (nSPS) is 11.0. The van der Waals surface area contributed by atoms with Gasteiger partial charge in [-0.05, 0) is 22.4 Å². The summed E-state index contributed by atoms with van der Waals surface area (Å²) < 4.78 is 2.05. The number of aryl methyl sites for hydroxylation is 1. The quantitative estimate of drug-likeness (QED) is 0.285. The Morgan fingerprint density at radius 2 is 2.38 bits per heavy atom. The highest BCUT2D eigenvalue weighted by Gasteiger charge is 2.07. The number of guanidine groups is 1. The first-order chi connectivity index (χ1) is 11.2. The predicted molar refractivity (Wildman–Crippen MR) is 111 cm³/mol. The molecular weight excluding hydrogens is 435 g/mol. The second-order valence-corrected chi connectivity index (χ2v) is 5.94. The molecule has 0 radical (unpaired) electrons. The van der Waals surface area contributed by atoms with E-state index in [9.17, 15) is 0 Å². The number of aromatic nitrogens is 3. The third kappa shape index (κ3) is 6.23. The minimum atomic E-state index is 0. The van der Waals surface area contributed by atoms with Crippen LogP contribution in [0.4, 0.5) is 0 Å². The first-order valence-corrected chi connectivity index (χ1v) is 8.67. The van der Waals surface area contributed by atoms with Crippen molar-refractivity contribution in [3.8, 4) is 0 Å². The van der Waals surface area contributed by atoms with Crippen molar-refractivity contribution >= 4 is 41.3 Å². The first-order valence-electron chi connectivity index (χ1n) is 7.72. The van der Waals surface area contributed by atoms with Gasteiger partial charge in [0.25, 0.3) is 0 Å². The van der Waals surface area contributed by atoms with E-state index >= 15 is 0 Å². The molecule has 0 aliphatic carbocycles. The number of hydrogen-bond donors (Lipinski definition) is 1. The Balaban J connectivity index is 0.00000288. The van der Waals surface area contributed by atoms with Crippen LogP contribution in [-0.4, -0.2) is 45.8 Å². The van der Waals surface area contributed by atoms with Crippen LogP contribution in [0.1, 0.15) is 18.3 Å². The van der Waals surface area contributed by atoms with E-state index in [1.54, 1.807) is 17.7 Å². The van der Waals surface area contributed by atoms with Crippen molar-refractivity contribution in [1.29, 1.82) is 0 Å². The number of aliphatic imine (C=N–C) groups is 1. The third-order valence-corrected chi connectivity index (χ3v) is 4.11. The van der Waals surface area contributed by atoms with Crippen LogP contribution < -0.4 is 5.32 Å². The molecule has 24 heavy (non-hydrogen) atoms. The van der Waals surface area contributed by atoms with E-state index in [0.717, 1.165) is 31.3 Å². The Morgan fingerprint density at radius 1 is 1.54 bits per heavy atom. The smallest absolute Gasteiger partial charge is 0.194 e. The average molecular weight is 460 g/mol. The maximum absolute atomic E-state index is 4.70. The van der Waals surface area contributed by atoms with Gasteiger partial charge in [-0.25, -0.2) is 0 Å². The van der Waals surface area contributed by atoms with Crippen molar-refractivity contribution in [2.45, 2.75) is 26.4 Å². The van der Waals surface area contributed by atoms with E-state index in [2.05, 4.69) is 50.7 Å². The van der Waals surface area contributed by atoms with E-state index in [-0.39, 0.29) is 24.0 Å². The number of hydrogen-bond acceptors (Lipinski definition) is 4. The van der Waals surface area contributed by atoms with E-state index in [1.807, 2.05) is 17.7 Å². The summed E-state index contributed by atoms with van der Waals surface area (Å²) in [6.45, 7) is 8.82. The summed E-state index contributed by atoms with van der Waals surface area (Å²) in [5.41, 5.74) is 1.29. The first kappa shape index (κ1) is 20.6. The Kier molecular flexibility index (Phi) is 9.62. The third-order valence-electron chi connectivity index (χ3n) is 3.38. The van der Waals surface area contributed by atoms with Crippen molar-refractivity contribution in [2.24, 2.45) is 4.99 Å². The number of halogens is 1. The number of thiophene rings is 1. The Morgan fingerprint density at radius 3 is 3.04 bits per heavy atom. The van der Waals surface area contributed by atoms with Crippen LogP contribution in [0.15, 0.2) is 40.8 Å². The van der Waals surface area contributed by atoms with Crippen LogP contribution in [0.25, 0.3) is 0 Å². The van der Waals surface area contributed by atoms with Crippen LogP contribution >= 0.6 is 35.3 Å². The highest BCUT2D eigenvalue weighted by atomic mass is 127. The fraction of sp³-hybridized carbons (Fsp3) is 0.438. The molecule has 0 bridgehead atoms. The second-order valence-electron chi connectivity index (χ2n) is 5.16. The van der Waals surface area contributed by atoms with Gasteiger partial charge in [-0.15, -0.1) is 40.8 Å². The van der Waals surface area contributed by atoms with E-state index in [0.29, 0.717) is 13.1 Å². The summed E-state index contributed by atoms with van der Waals surface area (Å²) in [6.07, 6.45) is 4.48. The van der Waals surface area contributed by atoms with Crippen molar-refractivity contribution in [1.82, 2.24) is 25.0 Å². The van der Waals surface area contributed by atoms with Crippen LogP contribution in [0, 0.1) is 0 Å². The summed E-state index contributed by atoms with van der Waals surface area (Å²) in [4.78, 5) is 6.83. The largest absolute Gasteiger partial charge is 0.353 e. The maximum atomic E-state index is 4.70. The molecule has 8 heteroatoms. The van der Waals surface area contributed by atoms with E-state index in [1.165, 1.54) is 5.56 Å². The van der Waals surface area contributed by atoms with Crippen LogP contribution in [0.5, 0.6) is 0 Å². The van der Waals surface area contributed by atoms with Gasteiger partial charge in [0, 0.05) is 33.1 Å². The minimum Gasteiger partial charge on any atom is -0.353 e.